The lowest BCUT2D eigenvalue weighted by molar-refractivity contribution is -0.146. The largest absolute Gasteiger partial charge is 0.495 e. The number of hydrogen-bond acceptors (Lipinski definition) is 4. The third-order valence-corrected chi connectivity index (χ3v) is 3.87. The Hall–Kier alpha value is -1.13. The molecule has 2 aliphatic rings. The lowest BCUT2D eigenvalue weighted by Crippen LogP contribution is -2.56. The Morgan fingerprint density at radius 3 is 3.06 bits per heavy atom. The van der Waals surface area contributed by atoms with Crippen LogP contribution < -0.4 is 10.1 Å². The van der Waals surface area contributed by atoms with E-state index in [1.165, 1.54) is 12.0 Å². The predicted molar refractivity (Wildman–Crippen MR) is 64.1 cm³/mol. The molecule has 2 fully saturated rings. The minimum Gasteiger partial charge on any atom is -0.495 e. The van der Waals surface area contributed by atoms with E-state index in [9.17, 15) is 0 Å². The highest BCUT2D eigenvalue weighted by atomic mass is 16.5. The quantitative estimate of drug-likeness (QED) is 0.845. The molecule has 0 bridgehead atoms. The molecule has 1 aliphatic heterocycles. The standard InChI is InChI=1S/C13H18N2O2/c1-16-11-7-10(8-14-9-11)12-13(3-2-4-13)17-6-5-15-12/h7-9,12,15H,2-6H2,1H3. The molecule has 17 heavy (non-hydrogen) atoms. The SMILES string of the molecule is COc1cncc(C2NCCOC23CCC3)c1. The van der Waals surface area contributed by atoms with Crippen LogP contribution >= 0.6 is 0 Å². The molecule has 1 spiro atoms. The summed E-state index contributed by atoms with van der Waals surface area (Å²) in [5, 5.41) is 3.56. The normalized spacial score (nSPS) is 26.5. The number of hydrogen-bond donors (Lipinski definition) is 1. The van der Waals surface area contributed by atoms with Gasteiger partial charge >= 0.3 is 0 Å². The number of aromatic nitrogens is 1. The molecule has 2 heterocycles. The molecule has 4 heteroatoms. The van der Waals surface area contributed by atoms with E-state index >= 15 is 0 Å². The van der Waals surface area contributed by atoms with Gasteiger partial charge in [0.05, 0.1) is 31.6 Å². The average molecular weight is 234 g/mol. The smallest absolute Gasteiger partial charge is 0.137 e. The first-order valence-corrected chi connectivity index (χ1v) is 6.20. The molecule has 1 N–H and O–H groups in total. The maximum atomic E-state index is 6.01. The van der Waals surface area contributed by atoms with E-state index in [2.05, 4.69) is 16.4 Å². The van der Waals surface area contributed by atoms with Crippen LogP contribution in [0.4, 0.5) is 0 Å². The third-order valence-electron chi connectivity index (χ3n) is 3.87. The van der Waals surface area contributed by atoms with Gasteiger partial charge in [0.1, 0.15) is 5.75 Å². The van der Waals surface area contributed by atoms with E-state index in [1.54, 1.807) is 13.3 Å². The van der Waals surface area contributed by atoms with E-state index in [1.807, 2.05) is 6.20 Å². The summed E-state index contributed by atoms with van der Waals surface area (Å²) in [6, 6.07) is 2.31. The number of ether oxygens (including phenoxy) is 2. The Morgan fingerprint density at radius 1 is 1.47 bits per heavy atom. The van der Waals surface area contributed by atoms with Crippen LogP contribution in [-0.4, -0.2) is 30.8 Å². The van der Waals surface area contributed by atoms with Crippen molar-refractivity contribution in [2.75, 3.05) is 20.3 Å². The summed E-state index contributed by atoms with van der Waals surface area (Å²) in [7, 11) is 1.67. The van der Waals surface area contributed by atoms with Crippen LogP contribution in [0.3, 0.4) is 0 Å². The van der Waals surface area contributed by atoms with E-state index in [0.717, 1.165) is 31.7 Å². The predicted octanol–water partition coefficient (Wildman–Crippen LogP) is 1.67. The Balaban J connectivity index is 1.90. The highest BCUT2D eigenvalue weighted by Crippen LogP contribution is 2.46. The van der Waals surface area contributed by atoms with Gasteiger partial charge in [-0.25, -0.2) is 0 Å². The molecule has 3 rings (SSSR count). The second-order valence-electron chi connectivity index (χ2n) is 4.81. The van der Waals surface area contributed by atoms with Gasteiger partial charge in [-0.1, -0.05) is 0 Å². The topological polar surface area (TPSA) is 43.4 Å². The summed E-state index contributed by atoms with van der Waals surface area (Å²) in [4.78, 5) is 4.23. The zero-order valence-corrected chi connectivity index (χ0v) is 10.1. The summed E-state index contributed by atoms with van der Waals surface area (Å²) in [5.41, 5.74) is 1.18. The number of nitrogens with zero attached hydrogens (tertiary/aromatic N) is 1. The average Bonchev–Trinajstić information content (AvgIpc) is 2.37. The molecule has 4 nitrogen and oxygen atoms in total. The van der Waals surface area contributed by atoms with Crippen LogP contribution in [0, 0.1) is 0 Å². The number of morpholine rings is 1. The van der Waals surface area contributed by atoms with Crippen molar-refractivity contribution in [2.45, 2.75) is 30.9 Å². The van der Waals surface area contributed by atoms with Crippen molar-refractivity contribution in [1.82, 2.24) is 10.3 Å². The second kappa shape index (κ2) is 4.27. The minimum atomic E-state index is 0.00624. The van der Waals surface area contributed by atoms with Gasteiger partial charge in [-0.3, -0.25) is 4.98 Å². The summed E-state index contributed by atoms with van der Waals surface area (Å²) in [5.74, 6) is 0.810. The van der Waals surface area contributed by atoms with E-state index < -0.39 is 0 Å². The lowest BCUT2D eigenvalue weighted by atomic mass is 9.72. The lowest BCUT2D eigenvalue weighted by Gasteiger charge is -2.50. The molecular formula is C13H18N2O2. The van der Waals surface area contributed by atoms with Crippen molar-refractivity contribution in [3.05, 3.63) is 24.0 Å². The van der Waals surface area contributed by atoms with E-state index in [4.69, 9.17) is 9.47 Å². The molecular weight excluding hydrogens is 216 g/mol. The molecule has 1 aromatic rings. The van der Waals surface area contributed by atoms with Crippen LogP contribution in [0.5, 0.6) is 5.75 Å². The van der Waals surface area contributed by atoms with Gasteiger partial charge in [-0.15, -0.1) is 0 Å². The molecule has 1 atom stereocenters. The monoisotopic (exact) mass is 234 g/mol. The maximum Gasteiger partial charge on any atom is 0.137 e. The van der Waals surface area contributed by atoms with E-state index in [0.29, 0.717) is 0 Å². The molecule has 1 saturated carbocycles. The summed E-state index contributed by atoms with van der Waals surface area (Å²) >= 11 is 0. The van der Waals surface area contributed by atoms with E-state index in [-0.39, 0.29) is 11.6 Å². The fourth-order valence-corrected chi connectivity index (χ4v) is 2.81. The highest BCUT2D eigenvalue weighted by Gasteiger charge is 2.47. The molecule has 1 aromatic heterocycles. The molecule has 0 radical (unpaired) electrons. The third kappa shape index (κ3) is 1.81. The second-order valence-corrected chi connectivity index (χ2v) is 4.81. The zero-order chi connectivity index (χ0) is 11.7. The van der Waals surface area contributed by atoms with Crippen LogP contribution in [0.15, 0.2) is 18.5 Å². The molecule has 0 amide bonds. The zero-order valence-electron chi connectivity index (χ0n) is 10.1. The first kappa shape index (κ1) is 11.0. The van der Waals surface area contributed by atoms with Crippen molar-refractivity contribution in [3.63, 3.8) is 0 Å². The van der Waals surface area contributed by atoms with Crippen molar-refractivity contribution in [1.29, 1.82) is 0 Å². The Kier molecular flexibility index (Phi) is 2.76. The maximum absolute atomic E-state index is 6.01. The molecule has 1 saturated heterocycles. The van der Waals surface area contributed by atoms with Crippen LogP contribution in [-0.2, 0) is 4.74 Å². The summed E-state index contributed by atoms with van der Waals surface area (Å²) in [6.07, 6.45) is 7.19. The minimum absolute atomic E-state index is 0.00624. The Bertz CT molecular complexity index is 404. The van der Waals surface area contributed by atoms with Gasteiger partial charge in [-0.2, -0.15) is 0 Å². The Labute approximate surface area is 101 Å². The number of rotatable bonds is 2. The van der Waals surface area contributed by atoms with Gasteiger partial charge in [0.15, 0.2) is 0 Å². The molecule has 1 aliphatic carbocycles. The van der Waals surface area contributed by atoms with Crippen molar-refractivity contribution >= 4 is 0 Å². The van der Waals surface area contributed by atoms with Crippen LogP contribution in [0.2, 0.25) is 0 Å². The summed E-state index contributed by atoms with van der Waals surface area (Å²) < 4.78 is 11.2. The van der Waals surface area contributed by atoms with Gasteiger partial charge in [-0.05, 0) is 30.9 Å². The number of methoxy groups -OCH3 is 1. The van der Waals surface area contributed by atoms with Crippen molar-refractivity contribution in [2.24, 2.45) is 0 Å². The number of pyridine rings is 1. The molecule has 1 unspecified atom stereocenters. The van der Waals surface area contributed by atoms with Crippen molar-refractivity contribution < 1.29 is 9.47 Å². The van der Waals surface area contributed by atoms with Crippen LogP contribution in [0.1, 0.15) is 30.9 Å². The van der Waals surface area contributed by atoms with Gasteiger partial charge in [0.2, 0.25) is 0 Å². The fourth-order valence-electron chi connectivity index (χ4n) is 2.81. The first-order valence-electron chi connectivity index (χ1n) is 6.20. The number of nitrogens with one attached hydrogen (secondary N) is 1. The van der Waals surface area contributed by atoms with Crippen molar-refractivity contribution in [3.8, 4) is 5.75 Å². The summed E-state index contributed by atoms with van der Waals surface area (Å²) in [6.45, 7) is 1.72. The highest BCUT2D eigenvalue weighted by molar-refractivity contribution is 5.29. The molecule has 92 valence electrons. The van der Waals surface area contributed by atoms with Gasteiger partial charge < -0.3 is 14.8 Å². The van der Waals surface area contributed by atoms with Crippen LogP contribution in [0.25, 0.3) is 0 Å². The fraction of sp³-hybridized carbons (Fsp3) is 0.615. The Morgan fingerprint density at radius 2 is 2.35 bits per heavy atom. The van der Waals surface area contributed by atoms with Gasteiger partial charge in [0.25, 0.3) is 0 Å². The first-order chi connectivity index (χ1) is 8.34. The van der Waals surface area contributed by atoms with Gasteiger partial charge in [0, 0.05) is 12.7 Å². The molecule has 0 aromatic carbocycles.